The van der Waals surface area contributed by atoms with Crippen LogP contribution in [-0.4, -0.2) is 61.8 Å². The fourth-order valence-electron chi connectivity index (χ4n) is 3.86. The lowest BCUT2D eigenvalue weighted by atomic mass is 10.0. The van der Waals surface area contributed by atoms with Crippen LogP contribution in [0.2, 0.25) is 5.02 Å². The monoisotopic (exact) mass is 506 g/mol. The third-order valence-corrected chi connectivity index (χ3v) is 9.09. The van der Waals surface area contributed by atoms with Crippen molar-refractivity contribution < 1.29 is 13.2 Å². The van der Waals surface area contributed by atoms with Gasteiger partial charge in [-0.3, -0.25) is 4.79 Å². The lowest BCUT2D eigenvalue weighted by molar-refractivity contribution is 0.0986. The van der Waals surface area contributed by atoms with E-state index in [4.69, 9.17) is 17.3 Å². The summed E-state index contributed by atoms with van der Waals surface area (Å²) in [5.41, 5.74) is 6.99. The molecule has 1 saturated heterocycles. The molecule has 1 aliphatic rings. The zero-order valence-corrected chi connectivity index (χ0v) is 20.6. The Hall–Kier alpha value is -2.04. The van der Waals surface area contributed by atoms with E-state index in [0.29, 0.717) is 48.2 Å². The lowest BCUT2D eigenvalue weighted by Gasteiger charge is -2.26. The van der Waals surface area contributed by atoms with Crippen LogP contribution < -0.4 is 11.1 Å². The van der Waals surface area contributed by atoms with Crippen LogP contribution >= 0.6 is 22.9 Å². The molecular weight excluding hydrogens is 480 g/mol. The van der Waals surface area contributed by atoms with Crippen LogP contribution in [0.5, 0.6) is 0 Å². The number of thiophene rings is 1. The maximum absolute atomic E-state index is 12.7. The van der Waals surface area contributed by atoms with Crippen molar-refractivity contribution in [2.24, 2.45) is 0 Å². The summed E-state index contributed by atoms with van der Waals surface area (Å²) in [6.07, 6.45) is 2.74. The molecule has 1 aromatic carbocycles. The number of benzene rings is 1. The van der Waals surface area contributed by atoms with E-state index in [0.717, 1.165) is 34.3 Å². The van der Waals surface area contributed by atoms with Gasteiger partial charge in [0, 0.05) is 55.6 Å². The Morgan fingerprint density at radius 2 is 2.00 bits per heavy atom. The minimum absolute atomic E-state index is 0.0806. The first-order valence-electron chi connectivity index (χ1n) is 10.9. The fraction of sp³-hybridized carbons (Fsp3) is 0.391. The second-order valence-electron chi connectivity index (χ2n) is 8.23. The number of pyridine rings is 1. The topological polar surface area (TPSA) is 105 Å². The Morgan fingerprint density at radius 3 is 2.79 bits per heavy atom. The molecule has 2 aromatic heterocycles. The van der Waals surface area contributed by atoms with Crippen molar-refractivity contribution in [3.63, 3.8) is 0 Å². The summed E-state index contributed by atoms with van der Waals surface area (Å²) in [5.74, 6) is 1.06. The maximum atomic E-state index is 12.7. The van der Waals surface area contributed by atoms with Gasteiger partial charge in [0.05, 0.1) is 21.4 Å². The van der Waals surface area contributed by atoms with Gasteiger partial charge in [0.25, 0.3) is 0 Å². The molecule has 3 aromatic rings. The van der Waals surface area contributed by atoms with Crippen molar-refractivity contribution in [1.82, 2.24) is 15.2 Å². The maximum Gasteiger partial charge on any atom is 0.173 e. The van der Waals surface area contributed by atoms with Gasteiger partial charge in [-0.05, 0) is 29.5 Å². The number of hydrogen-bond acceptors (Lipinski definition) is 8. The molecule has 0 unspecified atom stereocenters. The summed E-state index contributed by atoms with van der Waals surface area (Å²) in [7, 11) is -2.85. The lowest BCUT2D eigenvalue weighted by Crippen LogP contribution is -2.43. The normalized spacial score (nSPS) is 16.3. The van der Waals surface area contributed by atoms with E-state index in [1.807, 2.05) is 18.2 Å². The van der Waals surface area contributed by atoms with Crippen molar-refractivity contribution in [1.29, 1.82) is 0 Å². The predicted octanol–water partition coefficient (Wildman–Crippen LogP) is 3.17. The van der Waals surface area contributed by atoms with Crippen LogP contribution in [0.3, 0.4) is 0 Å². The summed E-state index contributed by atoms with van der Waals surface area (Å²) in [4.78, 5) is 20.6. The number of nitrogens with one attached hydrogen (secondary N) is 1. The minimum atomic E-state index is -2.85. The summed E-state index contributed by atoms with van der Waals surface area (Å²) in [5, 5.41) is 5.89. The number of Topliss-reactive ketones (excluding diaryl/α,β-unsaturated/α-hetero) is 1. The smallest absolute Gasteiger partial charge is 0.173 e. The third-order valence-electron chi connectivity index (χ3n) is 5.86. The molecule has 0 radical (unpaired) electrons. The van der Waals surface area contributed by atoms with Crippen LogP contribution in [0.4, 0.5) is 5.82 Å². The Kier molecular flexibility index (Phi) is 7.65. The highest BCUT2D eigenvalue weighted by molar-refractivity contribution is 7.91. The molecule has 10 heteroatoms. The number of nitrogens with zero attached hydrogens (tertiary/aromatic N) is 2. The Bertz CT molecular complexity index is 1250. The molecular formula is C23H27ClN4O3S2. The highest BCUT2D eigenvalue weighted by atomic mass is 35.5. The summed E-state index contributed by atoms with van der Waals surface area (Å²) < 4.78 is 23.0. The second-order valence-corrected chi connectivity index (χ2v) is 12.1. The van der Waals surface area contributed by atoms with Gasteiger partial charge in [0.15, 0.2) is 15.6 Å². The third kappa shape index (κ3) is 6.30. The number of ketones is 1. The van der Waals surface area contributed by atoms with Crippen LogP contribution in [0, 0.1) is 0 Å². The number of carbonyl (C=O) groups excluding carboxylic acids is 1. The standard InChI is InChI=1S/C23H27ClN4O3S2/c24-19-14-21(32-22(19)15-26-7-8-28-9-11-33(30,31)12-10-28)20(29)4-2-16-1-3-18-17(13-16)5-6-27-23(18)25/h1,3,5-6,13-14,26H,2,4,7-12,15H2,(H2,25,27). The number of rotatable bonds is 9. The molecule has 1 fully saturated rings. The number of aryl methyl sites for hydroxylation is 1. The van der Waals surface area contributed by atoms with E-state index in [9.17, 15) is 13.2 Å². The number of sulfone groups is 1. The predicted molar refractivity (Wildman–Crippen MR) is 135 cm³/mol. The molecule has 33 heavy (non-hydrogen) atoms. The minimum Gasteiger partial charge on any atom is -0.383 e. The number of nitrogens with two attached hydrogens (primary N) is 1. The zero-order chi connectivity index (χ0) is 23.4. The Balaban J connectivity index is 1.25. The molecule has 0 spiro atoms. The van der Waals surface area contributed by atoms with Gasteiger partial charge in [0.2, 0.25) is 0 Å². The van der Waals surface area contributed by atoms with E-state index < -0.39 is 9.84 Å². The molecule has 4 rings (SSSR count). The first-order chi connectivity index (χ1) is 15.8. The van der Waals surface area contributed by atoms with Crippen LogP contribution in [-0.2, 0) is 22.8 Å². The molecule has 7 nitrogen and oxygen atoms in total. The number of hydrogen-bond donors (Lipinski definition) is 2. The molecule has 0 amide bonds. The number of fused-ring (bicyclic) bond motifs is 1. The molecule has 176 valence electrons. The molecule has 3 heterocycles. The van der Waals surface area contributed by atoms with Gasteiger partial charge >= 0.3 is 0 Å². The van der Waals surface area contributed by atoms with E-state index in [2.05, 4.69) is 21.3 Å². The average Bonchev–Trinajstić information content (AvgIpc) is 3.16. The highest BCUT2D eigenvalue weighted by Gasteiger charge is 2.21. The number of carbonyl (C=O) groups is 1. The summed E-state index contributed by atoms with van der Waals surface area (Å²) >= 11 is 7.80. The summed E-state index contributed by atoms with van der Waals surface area (Å²) in [6.45, 7) is 3.29. The van der Waals surface area contributed by atoms with Gasteiger partial charge in [-0.2, -0.15) is 0 Å². The highest BCUT2D eigenvalue weighted by Crippen LogP contribution is 2.28. The SMILES string of the molecule is Nc1nccc2cc(CCC(=O)c3cc(Cl)c(CNCCN4CCS(=O)(=O)CC4)s3)ccc12. The van der Waals surface area contributed by atoms with E-state index in [1.165, 1.54) is 11.3 Å². The number of anilines is 1. The van der Waals surface area contributed by atoms with Crippen molar-refractivity contribution in [3.8, 4) is 0 Å². The van der Waals surface area contributed by atoms with E-state index >= 15 is 0 Å². The van der Waals surface area contributed by atoms with E-state index in [1.54, 1.807) is 12.3 Å². The van der Waals surface area contributed by atoms with Crippen molar-refractivity contribution in [2.45, 2.75) is 19.4 Å². The van der Waals surface area contributed by atoms with Crippen LogP contribution in [0.1, 0.15) is 26.5 Å². The fourth-order valence-corrected chi connectivity index (χ4v) is 6.49. The number of nitrogen functional groups attached to an aromatic ring is 1. The van der Waals surface area contributed by atoms with Crippen molar-refractivity contribution >= 4 is 55.1 Å². The van der Waals surface area contributed by atoms with Gasteiger partial charge < -0.3 is 16.0 Å². The molecule has 1 aliphatic heterocycles. The quantitative estimate of drug-likeness (QED) is 0.339. The second kappa shape index (κ2) is 10.5. The van der Waals surface area contributed by atoms with Crippen LogP contribution in [0.15, 0.2) is 36.5 Å². The molecule has 0 saturated carbocycles. The van der Waals surface area contributed by atoms with Crippen molar-refractivity contribution in [2.75, 3.05) is 43.4 Å². The van der Waals surface area contributed by atoms with Gasteiger partial charge in [-0.15, -0.1) is 11.3 Å². The zero-order valence-electron chi connectivity index (χ0n) is 18.2. The average molecular weight is 507 g/mol. The number of halogens is 1. The molecule has 3 N–H and O–H groups in total. The van der Waals surface area contributed by atoms with E-state index in [-0.39, 0.29) is 17.3 Å². The molecule has 0 atom stereocenters. The molecule has 0 aliphatic carbocycles. The van der Waals surface area contributed by atoms with Crippen LogP contribution in [0.25, 0.3) is 10.8 Å². The van der Waals surface area contributed by atoms with Gasteiger partial charge in [-0.25, -0.2) is 13.4 Å². The first-order valence-corrected chi connectivity index (χ1v) is 13.9. The Morgan fingerprint density at radius 1 is 1.21 bits per heavy atom. The first kappa shape index (κ1) is 24.1. The largest absolute Gasteiger partial charge is 0.383 e. The van der Waals surface area contributed by atoms with Gasteiger partial charge in [-0.1, -0.05) is 29.8 Å². The van der Waals surface area contributed by atoms with Gasteiger partial charge in [0.1, 0.15) is 5.82 Å². The summed E-state index contributed by atoms with van der Waals surface area (Å²) in [6, 6.07) is 9.67. The molecule has 0 bridgehead atoms. The van der Waals surface area contributed by atoms with Crippen molar-refractivity contribution in [3.05, 3.63) is 56.9 Å². The Labute approximate surface area is 202 Å². The number of aromatic nitrogens is 1.